The van der Waals surface area contributed by atoms with Crippen LogP contribution in [0.25, 0.3) is 0 Å². The van der Waals surface area contributed by atoms with Crippen LogP contribution in [0.1, 0.15) is 61.4 Å². The van der Waals surface area contributed by atoms with E-state index in [1.54, 1.807) is 0 Å². The van der Waals surface area contributed by atoms with Crippen LogP contribution in [0.2, 0.25) is 5.02 Å². The van der Waals surface area contributed by atoms with Crippen molar-refractivity contribution in [2.75, 3.05) is 11.1 Å². The van der Waals surface area contributed by atoms with Crippen LogP contribution in [0.5, 0.6) is 0 Å². The molecule has 2 unspecified atom stereocenters. The van der Waals surface area contributed by atoms with Gasteiger partial charge in [0, 0.05) is 11.7 Å². The van der Waals surface area contributed by atoms with Gasteiger partial charge in [-0.05, 0) is 42.2 Å². The maximum absolute atomic E-state index is 11.5. The molecule has 2 aromatic rings. The number of anilines is 3. The highest BCUT2D eigenvalue weighted by molar-refractivity contribution is 6.35. The number of aryl methyl sites for hydroxylation is 1. The maximum atomic E-state index is 11.5. The summed E-state index contributed by atoms with van der Waals surface area (Å²) in [7, 11) is 0. The number of carbonyl (C=O) groups excluding carboxylic acids is 1. The van der Waals surface area contributed by atoms with Gasteiger partial charge in [-0.2, -0.15) is 0 Å². The molecular formula is C19H24ClN5O. The fourth-order valence-corrected chi connectivity index (χ4v) is 3.70. The molecule has 26 heavy (non-hydrogen) atoms. The van der Waals surface area contributed by atoms with Gasteiger partial charge in [0.1, 0.15) is 23.5 Å². The molecule has 138 valence electrons. The largest absolute Gasteiger partial charge is 0.382 e. The zero-order chi connectivity index (χ0) is 18.7. The van der Waals surface area contributed by atoms with Crippen molar-refractivity contribution < 1.29 is 4.79 Å². The highest BCUT2D eigenvalue weighted by Gasteiger charge is 2.31. The second-order valence-corrected chi connectivity index (χ2v) is 7.05. The summed E-state index contributed by atoms with van der Waals surface area (Å²) < 4.78 is 0. The molecule has 6 nitrogen and oxygen atoms in total. The number of unbranched alkanes of at least 4 members (excludes halogenated alkanes) is 2. The molecule has 7 heteroatoms. The Labute approximate surface area is 158 Å². The lowest BCUT2D eigenvalue weighted by Gasteiger charge is -2.15. The Hall–Kier alpha value is -2.18. The molecule has 0 saturated carbocycles. The first-order valence-electron chi connectivity index (χ1n) is 8.94. The summed E-state index contributed by atoms with van der Waals surface area (Å²) in [4.78, 5) is 19.6. The molecule has 0 fully saturated rings. The minimum Gasteiger partial charge on any atom is -0.382 e. The summed E-state index contributed by atoms with van der Waals surface area (Å²) in [6.07, 6.45) is 6.86. The number of halogens is 1. The topological polar surface area (TPSA) is 92.9 Å². The Morgan fingerprint density at radius 3 is 2.88 bits per heavy atom. The maximum Gasteiger partial charge on any atom is 0.154 e. The van der Waals surface area contributed by atoms with E-state index in [4.69, 9.17) is 17.3 Å². The molecule has 0 saturated heterocycles. The standard InChI is InChI=1S/C19H24ClN5O/c1-3-4-5-6-14-13-8-12(7-11(2)16(13)15(9-26)25-14)24-19-17(20)18(21)22-10-23-19/h7-10,14-15,25H,3-6H2,1-2H3,(H3,21,22,23,24). The van der Waals surface area contributed by atoms with Gasteiger partial charge in [0.25, 0.3) is 0 Å². The monoisotopic (exact) mass is 373 g/mol. The zero-order valence-electron chi connectivity index (χ0n) is 15.1. The number of fused-ring (bicyclic) bond motifs is 1. The van der Waals surface area contributed by atoms with Crippen molar-refractivity contribution >= 4 is 35.2 Å². The molecule has 1 aromatic carbocycles. The van der Waals surface area contributed by atoms with Crippen molar-refractivity contribution in [2.24, 2.45) is 0 Å². The predicted octanol–water partition coefficient (Wildman–Crippen LogP) is 4.23. The van der Waals surface area contributed by atoms with Crippen LogP contribution in [-0.4, -0.2) is 16.3 Å². The Kier molecular flexibility index (Phi) is 5.74. The number of nitrogen functional groups attached to an aromatic ring is 1. The molecule has 0 spiro atoms. The van der Waals surface area contributed by atoms with Crippen molar-refractivity contribution in [2.45, 2.75) is 51.6 Å². The number of benzene rings is 1. The third-order valence-electron chi connectivity index (χ3n) is 4.80. The quantitative estimate of drug-likeness (QED) is 0.496. The van der Waals surface area contributed by atoms with Crippen molar-refractivity contribution in [1.82, 2.24) is 15.3 Å². The van der Waals surface area contributed by atoms with Gasteiger partial charge >= 0.3 is 0 Å². The molecular weight excluding hydrogens is 350 g/mol. The fourth-order valence-electron chi connectivity index (χ4n) is 3.55. The normalized spacial score (nSPS) is 18.6. The highest BCUT2D eigenvalue weighted by Crippen LogP contribution is 2.39. The first-order chi connectivity index (χ1) is 12.5. The zero-order valence-corrected chi connectivity index (χ0v) is 15.8. The lowest BCUT2D eigenvalue weighted by atomic mass is 9.94. The number of aldehydes is 1. The van der Waals surface area contributed by atoms with Gasteiger partial charge in [-0.1, -0.05) is 37.8 Å². The van der Waals surface area contributed by atoms with E-state index in [0.29, 0.717) is 10.8 Å². The summed E-state index contributed by atoms with van der Waals surface area (Å²) >= 11 is 6.19. The fraction of sp³-hybridized carbons (Fsp3) is 0.421. The predicted molar refractivity (Wildman–Crippen MR) is 105 cm³/mol. The summed E-state index contributed by atoms with van der Waals surface area (Å²) in [6.45, 7) is 4.21. The Morgan fingerprint density at radius 1 is 1.35 bits per heavy atom. The summed E-state index contributed by atoms with van der Waals surface area (Å²) in [6, 6.07) is 4.01. The number of nitrogens with one attached hydrogen (secondary N) is 2. The van der Waals surface area contributed by atoms with E-state index in [1.165, 1.54) is 24.7 Å². The van der Waals surface area contributed by atoms with E-state index in [2.05, 4.69) is 33.6 Å². The van der Waals surface area contributed by atoms with Crippen molar-refractivity contribution in [1.29, 1.82) is 0 Å². The molecule has 1 aliphatic rings. The second kappa shape index (κ2) is 8.01. The summed E-state index contributed by atoms with van der Waals surface area (Å²) in [5, 5.41) is 6.97. The number of carbonyl (C=O) groups is 1. The molecule has 1 aromatic heterocycles. The first-order valence-corrected chi connectivity index (χ1v) is 9.31. The first kappa shape index (κ1) is 18.6. The van der Waals surface area contributed by atoms with E-state index >= 15 is 0 Å². The van der Waals surface area contributed by atoms with Gasteiger partial charge in [-0.3, -0.25) is 5.32 Å². The minimum absolute atomic E-state index is 0.179. The second-order valence-electron chi connectivity index (χ2n) is 6.67. The van der Waals surface area contributed by atoms with Crippen LogP contribution in [-0.2, 0) is 4.79 Å². The minimum atomic E-state index is -0.246. The number of hydrogen-bond acceptors (Lipinski definition) is 6. The summed E-state index contributed by atoms with van der Waals surface area (Å²) in [5.74, 6) is 0.709. The molecule has 2 atom stereocenters. The van der Waals surface area contributed by atoms with Crippen LogP contribution in [0, 0.1) is 6.92 Å². The van der Waals surface area contributed by atoms with Crippen molar-refractivity contribution in [3.8, 4) is 0 Å². The van der Waals surface area contributed by atoms with Crippen LogP contribution in [0.4, 0.5) is 17.3 Å². The van der Waals surface area contributed by atoms with Crippen LogP contribution in [0.15, 0.2) is 18.5 Å². The van der Waals surface area contributed by atoms with Crippen LogP contribution >= 0.6 is 11.6 Å². The van der Waals surface area contributed by atoms with E-state index < -0.39 is 0 Å². The lowest BCUT2D eigenvalue weighted by Crippen LogP contribution is -2.18. The van der Waals surface area contributed by atoms with Gasteiger partial charge in [0.15, 0.2) is 5.82 Å². The molecule has 4 N–H and O–H groups in total. The van der Waals surface area contributed by atoms with E-state index in [1.807, 2.05) is 13.0 Å². The van der Waals surface area contributed by atoms with E-state index in [-0.39, 0.29) is 17.9 Å². The Morgan fingerprint density at radius 2 is 2.15 bits per heavy atom. The highest BCUT2D eigenvalue weighted by atomic mass is 35.5. The molecule has 1 aliphatic heterocycles. The molecule has 3 rings (SSSR count). The SMILES string of the molecule is CCCCCC1NC(C=O)c2c(C)cc(Nc3ncnc(N)c3Cl)cc21. The van der Waals surface area contributed by atoms with Crippen molar-refractivity contribution in [3.05, 3.63) is 40.2 Å². The lowest BCUT2D eigenvalue weighted by molar-refractivity contribution is -0.109. The molecule has 0 amide bonds. The van der Waals surface area contributed by atoms with E-state index in [9.17, 15) is 4.79 Å². The summed E-state index contributed by atoms with van der Waals surface area (Å²) in [5.41, 5.74) is 9.93. The number of nitrogens with two attached hydrogens (primary N) is 1. The van der Waals surface area contributed by atoms with Crippen LogP contribution in [0.3, 0.4) is 0 Å². The number of aromatic nitrogens is 2. The van der Waals surface area contributed by atoms with Gasteiger partial charge in [-0.15, -0.1) is 0 Å². The number of hydrogen-bond donors (Lipinski definition) is 3. The third kappa shape index (κ3) is 3.66. The molecule has 0 bridgehead atoms. The average Bonchev–Trinajstić information content (AvgIpc) is 2.98. The molecule has 0 aliphatic carbocycles. The Bertz CT molecular complexity index is 811. The van der Waals surface area contributed by atoms with Gasteiger partial charge < -0.3 is 15.8 Å². The number of rotatable bonds is 7. The van der Waals surface area contributed by atoms with E-state index in [0.717, 1.165) is 35.9 Å². The molecule has 2 heterocycles. The van der Waals surface area contributed by atoms with Crippen molar-refractivity contribution in [3.63, 3.8) is 0 Å². The smallest absolute Gasteiger partial charge is 0.154 e. The third-order valence-corrected chi connectivity index (χ3v) is 5.17. The Balaban J connectivity index is 1.92. The average molecular weight is 374 g/mol. The van der Waals surface area contributed by atoms with Gasteiger partial charge in [-0.25, -0.2) is 9.97 Å². The number of nitrogens with zero attached hydrogens (tertiary/aromatic N) is 2. The van der Waals surface area contributed by atoms with Gasteiger partial charge in [0.2, 0.25) is 0 Å². The molecule has 0 radical (unpaired) electrons. The van der Waals surface area contributed by atoms with Crippen LogP contribution < -0.4 is 16.4 Å². The van der Waals surface area contributed by atoms with Gasteiger partial charge in [0.05, 0.1) is 6.04 Å².